The number of amides is 5. The molecule has 4 aromatic carbocycles. The first-order valence-corrected chi connectivity index (χ1v) is 23.4. The van der Waals surface area contributed by atoms with E-state index in [1.54, 1.807) is 81.4 Å². The van der Waals surface area contributed by atoms with Crippen LogP contribution >= 0.6 is 11.6 Å². The Balaban J connectivity index is 1.25. The third kappa shape index (κ3) is 10.4. The normalized spacial score (nSPS) is 19.9. The van der Waals surface area contributed by atoms with Gasteiger partial charge in [0.2, 0.25) is 17.7 Å². The predicted octanol–water partition coefficient (Wildman–Crippen LogP) is 6.07. The van der Waals surface area contributed by atoms with E-state index in [1.165, 1.54) is 42.4 Å². The van der Waals surface area contributed by atoms with Gasteiger partial charge in [-0.25, -0.2) is 22.9 Å². The molecule has 2 heterocycles. The number of carboxylic acid groups (broad SMARTS) is 1. The fraction of sp³-hybridized carbons (Fsp3) is 0.306. The summed E-state index contributed by atoms with van der Waals surface area (Å²) in [5.41, 5.74) is -0.638. The minimum Gasteiger partial charge on any atom is -0.497 e. The number of methoxy groups -OCH3 is 1. The number of alkyl halides is 1. The molecule has 16 nitrogen and oxygen atoms in total. The summed E-state index contributed by atoms with van der Waals surface area (Å²) in [7, 11) is -2.84. The van der Waals surface area contributed by atoms with E-state index in [2.05, 4.69) is 21.9 Å². The SMILES string of the molecule is C=C[C@@H]1C[C@]1(NC(=O)[C@@H]1C[C@@H](Oc2cc(-c3ccccc3)nc3cc(OC)ccc23)CN1C(=O)C(CNC(=O)[C@@H](Cl)c1ccccc1)N(C(=O)O)C(C)(C)C)C(=O)NS(=O)(=O)c1ccccc1. The average molecular weight is 951 g/mol. The standard InChI is InChI=1S/C49H51ClN6O10S/c1-6-32-27-49(32,46(60)54-67(63,64)35-20-14-9-15-21-35)53-43(57)39-25-34(66-41-26-37(30-16-10-7-11-17-30)52-38-24-33(65-5)22-23-36(38)41)29-55(39)45(59)40(56(47(61)62)48(2,3)4)28-51-44(58)42(50)31-18-12-8-13-19-31/h6-24,26,32,34,39-40,42H,1,25,27-29H2,2-5H3,(H,51,58)(H,53,57)(H,54,60)(H,61,62)/t32-,34-,39+,40?,42+,49-/m1/s1. The van der Waals surface area contributed by atoms with Crippen LogP contribution in [0.25, 0.3) is 22.2 Å². The molecule has 5 aromatic rings. The van der Waals surface area contributed by atoms with Crippen molar-refractivity contribution >= 4 is 62.2 Å². The highest BCUT2D eigenvalue weighted by molar-refractivity contribution is 7.90. The van der Waals surface area contributed by atoms with Crippen LogP contribution < -0.4 is 24.8 Å². The van der Waals surface area contributed by atoms with Crippen LogP contribution in [0.5, 0.6) is 11.5 Å². The second-order valence-electron chi connectivity index (χ2n) is 17.3. The number of rotatable bonds is 16. The average Bonchev–Trinajstić information content (AvgIpc) is 3.88. The van der Waals surface area contributed by atoms with Crippen molar-refractivity contribution in [3.05, 3.63) is 133 Å². The maximum Gasteiger partial charge on any atom is 0.408 e. The number of fused-ring (bicyclic) bond motifs is 1. The Morgan fingerprint density at radius 2 is 1.61 bits per heavy atom. The van der Waals surface area contributed by atoms with E-state index in [1.807, 2.05) is 30.3 Å². The molecule has 1 saturated carbocycles. The smallest absolute Gasteiger partial charge is 0.408 e. The zero-order valence-electron chi connectivity index (χ0n) is 37.2. The lowest BCUT2D eigenvalue weighted by Gasteiger charge is -2.41. The van der Waals surface area contributed by atoms with Crippen LogP contribution in [0.4, 0.5) is 4.79 Å². The van der Waals surface area contributed by atoms with E-state index in [0.29, 0.717) is 33.7 Å². The summed E-state index contributed by atoms with van der Waals surface area (Å²) in [5, 5.41) is 15.5. The first kappa shape index (κ1) is 48.0. The second kappa shape index (κ2) is 19.5. The largest absolute Gasteiger partial charge is 0.497 e. The summed E-state index contributed by atoms with van der Waals surface area (Å²) in [5.74, 6) is -3.18. The lowest BCUT2D eigenvalue weighted by molar-refractivity contribution is -0.144. The Kier molecular flexibility index (Phi) is 13.9. The fourth-order valence-electron chi connectivity index (χ4n) is 8.35. The molecule has 5 amide bonds. The molecule has 18 heteroatoms. The van der Waals surface area contributed by atoms with Gasteiger partial charge >= 0.3 is 6.09 Å². The molecule has 6 atom stereocenters. The van der Waals surface area contributed by atoms with Gasteiger partial charge in [0.25, 0.3) is 15.9 Å². The van der Waals surface area contributed by atoms with Gasteiger partial charge < -0.3 is 30.1 Å². The molecule has 1 aliphatic carbocycles. The number of likely N-dealkylation sites (tertiary alicyclic amines) is 1. The van der Waals surface area contributed by atoms with Crippen molar-refractivity contribution in [1.82, 2.24) is 30.1 Å². The minimum absolute atomic E-state index is 0.000186. The Bertz CT molecular complexity index is 2800. The number of aromatic nitrogens is 1. The first-order chi connectivity index (χ1) is 31.9. The van der Waals surface area contributed by atoms with Gasteiger partial charge in [-0.3, -0.25) is 24.1 Å². The number of hydrogen-bond donors (Lipinski definition) is 4. The van der Waals surface area contributed by atoms with Crippen molar-refractivity contribution in [1.29, 1.82) is 0 Å². The van der Waals surface area contributed by atoms with Gasteiger partial charge in [0.15, 0.2) is 0 Å². The Morgan fingerprint density at radius 1 is 0.970 bits per heavy atom. The molecule has 1 unspecified atom stereocenters. The van der Waals surface area contributed by atoms with Gasteiger partial charge in [0.1, 0.15) is 40.6 Å². The third-order valence-electron chi connectivity index (χ3n) is 11.8. The van der Waals surface area contributed by atoms with Crippen LogP contribution in [0.1, 0.15) is 44.6 Å². The molecular weight excluding hydrogens is 900 g/mol. The van der Waals surface area contributed by atoms with Gasteiger partial charge in [-0.2, -0.15) is 0 Å². The van der Waals surface area contributed by atoms with E-state index in [4.69, 9.17) is 26.1 Å². The van der Waals surface area contributed by atoms with E-state index < -0.39 is 86.9 Å². The number of nitrogens with zero attached hydrogens (tertiary/aromatic N) is 3. The third-order valence-corrected chi connectivity index (χ3v) is 13.6. The summed E-state index contributed by atoms with van der Waals surface area (Å²) in [6.07, 6.45) is -1.12. The number of halogens is 1. The summed E-state index contributed by atoms with van der Waals surface area (Å²) >= 11 is 6.54. The van der Waals surface area contributed by atoms with Gasteiger partial charge in [0.05, 0.1) is 29.8 Å². The molecule has 350 valence electrons. The Labute approximate surface area is 393 Å². The van der Waals surface area contributed by atoms with Crippen LogP contribution in [0.15, 0.2) is 133 Å². The molecule has 2 aliphatic rings. The molecule has 1 saturated heterocycles. The number of pyridine rings is 1. The molecule has 0 radical (unpaired) electrons. The van der Waals surface area contributed by atoms with E-state index in [9.17, 15) is 32.7 Å². The molecule has 0 spiro atoms. The van der Waals surface area contributed by atoms with Gasteiger partial charge in [-0.05, 0) is 57.0 Å². The van der Waals surface area contributed by atoms with Crippen molar-refractivity contribution < 1.29 is 47.0 Å². The molecule has 2 fully saturated rings. The predicted molar refractivity (Wildman–Crippen MR) is 251 cm³/mol. The lowest BCUT2D eigenvalue weighted by Crippen LogP contribution is -2.63. The van der Waals surface area contributed by atoms with Gasteiger partial charge in [-0.1, -0.05) is 84.9 Å². The maximum absolute atomic E-state index is 15.2. The number of carbonyl (C=O) groups excluding carboxylic acids is 4. The van der Waals surface area contributed by atoms with Crippen LogP contribution in [0, 0.1) is 5.92 Å². The fourth-order valence-corrected chi connectivity index (χ4v) is 9.63. The van der Waals surface area contributed by atoms with Gasteiger partial charge in [-0.15, -0.1) is 18.2 Å². The first-order valence-electron chi connectivity index (χ1n) is 21.4. The number of ether oxygens (including phenoxy) is 2. The van der Waals surface area contributed by atoms with Crippen molar-refractivity contribution in [2.24, 2.45) is 5.92 Å². The number of nitrogens with one attached hydrogen (secondary N) is 3. The highest BCUT2D eigenvalue weighted by Gasteiger charge is 2.61. The Hall–Kier alpha value is -6.98. The van der Waals surface area contributed by atoms with Crippen molar-refractivity contribution in [2.75, 3.05) is 20.2 Å². The molecule has 4 N–H and O–H groups in total. The number of benzene rings is 4. The highest BCUT2D eigenvalue weighted by atomic mass is 35.5. The number of hydrogen-bond acceptors (Lipinski definition) is 10. The molecule has 7 rings (SSSR count). The lowest BCUT2D eigenvalue weighted by atomic mass is 10.0. The summed E-state index contributed by atoms with van der Waals surface area (Å²) in [6.45, 7) is 7.75. The molecule has 1 aliphatic heterocycles. The highest BCUT2D eigenvalue weighted by Crippen LogP contribution is 2.45. The minimum atomic E-state index is -4.37. The van der Waals surface area contributed by atoms with Crippen LogP contribution in [0.2, 0.25) is 0 Å². The topological polar surface area (TPSA) is 214 Å². The van der Waals surface area contributed by atoms with E-state index >= 15 is 4.79 Å². The van der Waals surface area contributed by atoms with Crippen molar-refractivity contribution in [2.45, 2.75) is 73.2 Å². The quantitative estimate of drug-likeness (QED) is 0.0659. The summed E-state index contributed by atoms with van der Waals surface area (Å²) in [4.78, 5) is 77.4. The van der Waals surface area contributed by atoms with Crippen molar-refractivity contribution in [3.63, 3.8) is 0 Å². The van der Waals surface area contributed by atoms with Gasteiger partial charge in [0, 0.05) is 47.5 Å². The monoisotopic (exact) mass is 950 g/mol. The molecular formula is C49H51ClN6O10S. The summed E-state index contributed by atoms with van der Waals surface area (Å²) in [6, 6.07) is 29.1. The van der Waals surface area contributed by atoms with Crippen LogP contribution in [-0.4, -0.2) is 107 Å². The zero-order chi connectivity index (χ0) is 48.3. The van der Waals surface area contributed by atoms with Crippen molar-refractivity contribution in [3.8, 4) is 22.8 Å². The summed E-state index contributed by atoms with van der Waals surface area (Å²) < 4.78 is 40.9. The van der Waals surface area contributed by atoms with E-state index in [0.717, 1.165) is 10.5 Å². The molecule has 0 bridgehead atoms. The maximum atomic E-state index is 15.2. The number of carbonyl (C=O) groups is 5. The zero-order valence-corrected chi connectivity index (χ0v) is 38.8. The molecule has 1 aromatic heterocycles. The number of sulfonamides is 1. The van der Waals surface area contributed by atoms with Crippen LogP contribution in [-0.2, 0) is 29.2 Å². The van der Waals surface area contributed by atoms with E-state index in [-0.39, 0.29) is 24.3 Å². The van der Waals surface area contributed by atoms with Crippen LogP contribution in [0.3, 0.4) is 0 Å². The second-order valence-corrected chi connectivity index (χ2v) is 19.5. The Morgan fingerprint density at radius 3 is 2.21 bits per heavy atom. The molecule has 67 heavy (non-hydrogen) atoms.